The van der Waals surface area contributed by atoms with Crippen molar-refractivity contribution in [1.29, 1.82) is 0 Å². The number of morpholine rings is 1. The number of aromatic nitrogens is 2. The van der Waals surface area contributed by atoms with E-state index >= 15 is 0 Å². The van der Waals surface area contributed by atoms with Crippen molar-refractivity contribution in [3.63, 3.8) is 0 Å². The van der Waals surface area contributed by atoms with E-state index in [4.69, 9.17) is 14.7 Å². The Morgan fingerprint density at radius 2 is 1.83 bits per heavy atom. The second-order valence-electron chi connectivity index (χ2n) is 5.91. The molecule has 1 aromatic heterocycles. The van der Waals surface area contributed by atoms with Crippen molar-refractivity contribution >= 4 is 33.4 Å². The zero-order valence-corrected chi connectivity index (χ0v) is 13.5. The fourth-order valence-electron chi connectivity index (χ4n) is 3.09. The van der Waals surface area contributed by atoms with Crippen LogP contribution in [0.4, 0.5) is 11.4 Å². The minimum Gasteiger partial charge on any atom is -0.388 e. The van der Waals surface area contributed by atoms with Crippen LogP contribution < -0.4 is 10.2 Å². The van der Waals surface area contributed by atoms with E-state index in [1.165, 1.54) is 5.69 Å². The molecule has 1 aliphatic rings. The molecule has 0 bridgehead atoms. The maximum atomic E-state index is 5.44. The van der Waals surface area contributed by atoms with E-state index in [0.29, 0.717) is 0 Å². The lowest BCUT2D eigenvalue weighted by Gasteiger charge is -2.29. The van der Waals surface area contributed by atoms with Crippen molar-refractivity contribution in [2.24, 2.45) is 0 Å². The van der Waals surface area contributed by atoms with Gasteiger partial charge in [0.25, 0.3) is 0 Å². The number of anilines is 2. The lowest BCUT2D eigenvalue weighted by atomic mass is 10.1. The highest BCUT2D eigenvalue weighted by Gasteiger charge is 2.14. The molecule has 0 saturated carbocycles. The number of aryl methyl sites for hydroxylation is 1. The summed E-state index contributed by atoms with van der Waals surface area (Å²) in [6, 6.07) is 10.4. The van der Waals surface area contributed by atoms with Gasteiger partial charge in [0, 0.05) is 31.5 Å². The molecule has 0 aliphatic carbocycles. The van der Waals surface area contributed by atoms with Crippen LogP contribution in [0.3, 0.4) is 0 Å². The summed E-state index contributed by atoms with van der Waals surface area (Å²) in [6.07, 6.45) is 0. The maximum Gasteiger partial charge on any atom is 0.0925 e. The molecule has 1 saturated heterocycles. The summed E-state index contributed by atoms with van der Waals surface area (Å²) in [5, 5.41) is 3.15. The Labute approximate surface area is 135 Å². The van der Waals surface area contributed by atoms with Crippen molar-refractivity contribution in [2.45, 2.75) is 6.92 Å². The summed E-state index contributed by atoms with van der Waals surface area (Å²) in [6.45, 7) is 5.53. The van der Waals surface area contributed by atoms with Gasteiger partial charge >= 0.3 is 0 Å². The smallest absolute Gasteiger partial charge is 0.0925 e. The highest BCUT2D eigenvalue weighted by molar-refractivity contribution is 5.91. The average molecular weight is 308 g/mol. The average Bonchev–Trinajstić information content (AvgIpc) is 2.60. The zero-order chi connectivity index (χ0) is 15.8. The molecule has 4 rings (SSSR count). The van der Waals surface area contributed by atoms with Crippen molar-refractivity contribution in [3.05, 3.63) is 35.9 Å². The molecule has 0 amide bonds. The fourth-order valence-corrected chi connectivity index (χ4v) is 3.09. The number of hydrogen-bond acceptors (Lipinski definition) is 5. The third-order valence-corrected chi connectivity index (χ3v) is 4.38. The Kier molecular flexibility index (Phi) is 3.50. The summed E-state index contributed by atoms with van der Waals surface area (Å²) in [5.41, 5.74) is 7.20. The molecule has 0 atom stereocenters. The van der Waals surface area contributed by atoms with Crippen molar-refractivity contribution in [3.8, 4) is 0 Å². The second kappa shape index (κ2) is 5.66. The first-order valence-corrected chi connectivity index (χ1v) is 7.97. The Balaban J connectivity index is 1.86. The van der Waals surface area contributed by atoms with Gasteiger partial charge in [0.1, 0.15) is 0 Å². The number of ether oxygens (including phenoxy) is 1. The summed E-state index contributed by atoms with van der Waals surface area (Å²) in [5.74, 6) is 0. The summed E-state index contributed by atoms with van der Waals surface area (Å²) in [7, 11) is 1.91. The number of nitrogens with one attached hydrogen (secondary N) is 1. The van der Waals surface area contributed by atoms with E-state index in [0.717, 1.165) is 59.6 Å². The van der Waals surface area contributed by atoms with Crippen LogP contribution in [-0.2, 0) is 4.74 Å². The maximum absolute atomic E-state index is 5.44. The van der Waals surface area contributed by atoms with Gasteiger partial charge in [-0.05, 0) is 42.8 Å². The summed E-state index contributed by atoms with van der Waals surface area (Å²) >= 11 is 0. The van der Waals surface area contributed by atoms with E-state index in [-0.39, 0.29) is 0 Å². The fraction of sp³-hybridized carbons (Fsp3) is 0.333. The van der Waals surface area contributed by atoms with E-state index in [1.54, 1.807) is 0 Å². The number of rotatable bonds is 2. The molecule has 5 heteroatoms. The quantitative estimate of drug-likeness (QED) is 0.738. The molecule has 0 unspecified atom stereocenters. The standard InChI is InChI=1S/C18H20N4O/c1-12-9-14(22-5-7-23-8-6-22)11-17-18(12)21-16-10-13(19-2)3-4-15(16)20-17/h3-4,9-11,19H,5-8H2,1-2H3. The molecule has 0 spiro atoms. The number of nitrogens with zero attached hydrogens (tertiary/aromatic N) is 3. The van der Waals surface area contributed by atoms with Crippen LogP contribution in [0.2, 0.25) is 0 Å². The lowest BCUT2D eigenvalue weighted by Crippen LogP contribution is -2.36. The van der Waals surface area contributed by atoms with Crippen LogP contribution in [0, 0.1) is 6.92 Å². The van der Waals surface area contributed by atoms with Gasteiger partial charge < -0.3 is 15.0 Å². The molecule has 1 fully saturated rings. The minimum absolute atomic E-state index is 0.785. The highest BCUT2D eigenvalue weighted by Crippen LogP contribution is 2.27. The van der Waals surface area contributed by atoms with Crippen LogP contribution >= 0.6 is 0 Å². The van der Waals surface area contributed by atoms with Gasteiger partial charge in [-0.1, -0.05) is 0 Å². The van der Waals surface area contributed by atoms with Crippen LogP contribution in [0.5, 0.6) is 0 Å². The van der Waals surface area contributed by atoms with Crippen molar-refractivity contribution in [2.75, 3.05) is 43.6 Å². The first kappa shape index (κ1) is 14.2. The van der Waals surface area contributed by atoms with Gasteiger partial charge in [0.05, 0.1) is 35.3 Å². The zero-order valence-electron chi connectivity index (χ0n) is 13.5. The molecule has 5 nitrogen and oxygen atoms in total. The first-order valence-electron chi connectivity index (χ1n) is 7.97. The van der Waals surface area contributed by atoms with Crippen molar-refractivity contribution in [1.82, 2.24) is 9.97 Å². The van der Waals surface area contributed by atoms with E-state index in [2.05, 4.69) is 29.3 Å². The normalized spacial score (nSPS) is 15.3. The van der Waals surface area contributed by atoms with Gasteiger partial charge in [0.15, 0.2) is 0 Å². The minimum atomic E-state index is 0.785. The lowest BCUT2D eigenvalue weighted by molar-refractivity contribution is 0.122. The molecule has 2 heterocycles. The molecule has 23 heavy (non-hydrogen) atoms. The second-order valence-corrected chi connectivity index (χ2v) is 5.91. The molecular formula is C18H20N4O. The number of benzene rings is 2. The molecule has 3 aromatic rings. The summed E-state index contributed by atoms with van der Waals surface area (Å²) in [4.78, 5) is 12.0. The highest BCUT2D eigenvalue weighted by atomic mass is 16.5. The Hall–Kier alpha value is -2.40. The number of hydrogen-bond donors (Lipinski definition) is 1. The largest absolute Gasteiger partial charge is 0.388 e. The molecule has 2 aromatic carbocycles. The Morgan fingerprint density at radius 1 is 1.00 bits per heavy atom. The Morgan fingerprint density at radius 3 is 2.61 bits per heavy atom. The molecular weight excluding hydrogens is 288 g/mol. The predicted molar refractivity (Wildman–Crippen MR) is 94.4 cm³/mol. The molecule has 1 N–H and O–H groups in total. The van der Waals surface area contributed by atoms with Crippen LogP contribution in [0.25, 0.3) is 22.1 Å². The SMILES string of the molecule is CNc1ccc2nc3cc(N4CCOCC4)cc(C)c3nc2c1. The van der Waals surface area contributed by atoms with Crippen LogP contribution in [-0.4, -0.2) is 43.3 Å². The molecule has 1 aliphatic heterocycles. The van der Waals surface area contributed by atoms with Gasteiger partial charge in [0.2, 0.25) is 0 Å². The van der Waals surface area contributed by atoms with Gasteiger partial charge in [-0.15, -0.1) is 0 Å². The van der Waals surface area contributed by atoms with Gasteiger partial charge in [-0.3, -0.25) is 0 Å². The topological polar surface area (TPSA) is 50.3 Å². The van der Waals surface area contributed by atoms with Crippen LogP contribution in [0.1, 0.15) is 5.56 Å². The van der Waals surface area contributed by atoms with Gasteiger partial charge in [-0.25, -0.2) is 9.97 Å². The van der Waals surface area contributed by atoms with Gasteiger partial charge in [-0.2, -0.15) is 0 Å². The third-order valence-electron chi connectivity index (χ3n) is 4.38. The van der Waals surface area contributed by atoms with E-state index in [9.17, 15) is 0 Å². The molecule has 0 radical (unpaired) electrons. The van der Waals surface area contributed by atoms with Crippen molar-refractivity contribution < 1.29 is 4.74 Å². The summed E-state index contributed by atoms with van der Waals surface area (Å²) < 4.78 is 5.44. The predicted octanol–water partition coefficient (Wildman–Crippen LogP) is 2.97. The molecule has 118 valence electrons. The van der Waals surface area contributed by atoms with E-state index in [1.807, 2.05) is 25.2 Å². The van der Waals surface area contributed by atoms with E-state index < -0.39 is 0 Å². The van der Waals surface area contributed by atoms with Crippen LogP contribution in [0.15, 0.2) is 30.3 Å². The third kappa shape index (κ3) is 2.57. The Bertz CT molecular complexity index is 872. The number of fused-ring (bicyclic) bond motifs is 2. The monoisotopic (exact) mass is 308 g/mol. The first-order chi connectivity index (χ1) is 11.2.